The number of aromatic nitrogens is 1. The van der Waals surface area contributed by atoms with E-state index in [4.69, 9.17) is 9.15 Å². The lowest BCUT2D eigenvalue weighted by molar-refractivity contribution is -0.384. The van der Waals surface area contributed by atoms with Gasteiger partial charge in [0.2, 0.25) is 5.78 Å². The minimum Gasteiger partial charge on any atom is -0.503 e. The van der Waals surface area contributed by atoms with Gasteiger partial charge in [-0.05, 0) is 42.8 Å². The Kier molecular flexibility index (Phi) is 5.33. The molecule has 1 amide bonds. The Morgan fingerprint density at radius 1 is 1.20 bits per heavy atom. The molecule has 0 bridgehead atoms. The van der Waals surface area contributed by atoms with Crippen LogP contribution in [0.4, 0.5) is 10.8 Å². The van der Waals surface area contributed by atoms with Crippen LogP contribution in [0.15, 0.2) is 70.3 Å². The third kappa shape index (κ3) is 3.71. The van der Waals surface area contributed by atoms with Gasteiger partial charge in [0.25, 0.3) is 11.6 Å². The van der Waals surface area contributed by atoms with E-state index in [1.165, 1.54) is 36.3 Å². The highest BCUT2D eigenvalue weighted by atomic mass is 32.1. The number of hydrogen-bond acceptors (Lipinski definition) is 9. The summed E-state index contributed by atoms with van der Waals surface area (Å²) >= 11 is 1.04. The van der Waals surface area contributed by atoms with Gasteiger partial charge in [-0.1, -0.05) is 23.5 Å². The number of aliphatic hydroxyl groups is 1. The number of nitro groups is 1. The van der Waals surface area contributed by atoms with Crippen LogP contribution in [-0.4, -0.2) is 33.8 Å². The summed E-state index contributed by atoms with van der Waals surface area (Å²) in [5.41, 5.74) is 0.704. The topological polar surface area (TPSA) is 136 Å². The SMILES string of the molecule is COc1ccc(C2C(C(=O)c3ccc(C)o3)=C(O)C(=O)N2c2nc3ccc([N+](=O)[O-])cc3s2)cc1. The number of aryl methyl sites for hydroxylation is 1. The van der Waals surface area contributed by atoms with E-state index in [0.717, 1.165) is 11.3 Å². The monoisotopic (exact) mass is 491 g/mol. The lowest BCUT2D eigenvalue weighted by atomic mass is 9.95. The van der Waals surface area contributed by atoms with Crippen LogP contribution in [0.3, 0.4) is 0 Å². The number of carbonyl (C=O) groups excluding carboxylic acids is 2. The van der Waals surface area contributed by atoms with Crippen molar-refractivity contribution in [2.45, 2.75) is 13.0 Å². The minimum absolute atomic E-state index is 0.0165. The highest BCUT2D eigenvalue weighted by Gasteiger charge is 2.46. The number of methoxy groups -OCH3 is 1. The molecule has 10 nitrogen and oxygen atoms in total. The van der Waals surface area contributed by atoms with Gasteiger partial charge in [0.05, 0.1) is 33.9 Å². The lowest BCUT2D eigenvalue weighted by Gasteiger charge is -2.24. The number of rotatable bonds is 6. The quantitative estimate of drug-likeness (QED) is 0.229. The summed E-state index contributed by atoms with van der Waals surface area (Å²) in [6.07, 6.45) is 0. The van der Waals surface area contributed by atoms with Crippen molar-refractivity contribution in [2.24, 2.45) is 0 Å². The maximum Gasteiger partial charge on any atom is 0.296 e. The van der Waals surface area contributed by atoms with Crippen LogP contribution >= 0.6 is 11.3 Å². The Hall–Kier alpha value is -4.51. The Balaban J connectivity index is 1.66. The van der Waals surface area contributed by atoms with Gasteiger partial charge >= 0.3 is 0 Å². The van der Waals surface area contributed by atoms with E-state index in [-0.39, 0.29) is 22.2 Å². The number of carbonyl (C=O) groups is 2. The molecule has 1 aliphatic rings. The standard InChI is InChI=1S/C24H17N3O7S/c1-12-3-10-17(34-12)21(28)19-20(13-4-7-15(33-2)8-5-13)26(23(30)22(19)29)24-25-16-9-6-14(27(31)32)11-18(16)35-24/h3-11,20,29H,1-2H3. The number of nitrogens with zero attached hydrogens (tertiary/aromatic N) is 3. The molecule has 2 aromatic heterocycles. The smallest absolute Gasteiger partial charge is 0.296 e. The van der Waals surface area contributed by atoms with Crippen LogP contribution in [0.1, 0.15) is 27.9 Å². The van der Waals surface area contributed by atoms with E-state index in [1.54, 1.807) is 37.3 Å². The molecule has 1 atom stereocenters. The Bertz CT molecular complexity index is 1530. The fourth-order valence-corrected chi connectivity index (χ4v) is 4.97. The number of benzene rings is 2. The first kappa shape index (κ1) is 22.3. The van der Waals surface area contributed by atoms with Gasteiger partial charge in [-0.2, -0.15) is 0 Å². The summed E-state index contributed by atoms with van der Waals surface area (Å²) in [7, 11) is 1.51. The molecule has 0 fully saturated rings. The van der Waals surface area contributed by atoms with E-state index >= 15 is 0 Å². The minimum atomic E-state index is -1.01. The fraction of sp³-hybridized carbons (Fsp3) is 0.125. The van der Waals surface area contributed by atoms with Crippen LogP contribution < -0.4 is 9.64 Å². The average molecular weight is 491 g/mol. The highest BCUT2D eigenvalue weighted by Crippen LogP contribution is 2.44. The number of nitro benzene ring substituents is 1. The Morgan fingerprint density at radius 2 is 1.94 bits per heavy atom. The maximum atomic E-state index is 13.4. The Labute approximate surface area is 201 Å². The van der Waals surface area contributed by atoms with Crippen molar-refractivity contribution in [1.82, 2.24) is 4.98 Å². The zero-order valence-corrected chi connectivity index (χ0v) is 19.2. The molecule has 11 heteroatoms. The molecule has 0 aliphatic carbocycles. The van der Waals surface area contributed by atoms with E-state index < -0.39 is 28.4 Å². The van der Waals surface area contributed by atoms with E-state index in [0.29, 0.717) is 27.3 Å². The highest BCUT2D eigenvalue weighted by molar-refractivity contribution is 7.22. The number of non-ortho nitro benzene ring substituents is 1. The van der Waals surface area contributed by atoms with E-state index in [2.05, 4.69) is 4.98 Å². The first-order valence-electron chi connectivity index (χ1n) is 10.3. The zero-order chi connectivity index (χ0) is 24.9. The van der Waals surface area contributed by atoms with Gasteiger partial charge < -0.3 is 14.3 Å². The molecule has 35 heavy (non-hydrogen) atoms. The number of hydrogen-bond donors (Lipinski definition) is 1. The molecular formula is C24H17N3O7S. The largest absolute Gasteiger partial charge is 0.503 e. The van der Waals surface area contributed by atoms with Gasteiger partial charge in [-0.15, -0.1) is 0 Å². The number of thiazole rings is 1. The van der Waals surface area contributed by atoms with Gasteiger partial charge in [0.1, 0.15) is 11.5 Å². The number of furan rings is 1. The van der Waals surface area contributed by atoms with Crippen molar-refractivity contribution in [3.05, 3.63) is 93.1 Å². The van der Waals surface area contributed by atoms with Crippen LogP contribution in [0, 0.1) is 17.0 Å². The van der Waals surface area contributed by atoms with Crippen LogP contribution in [0.5, 0.6) is 5.75 Å². The molecular weight excluding hydrogens is 474 g/mol. The van der Waals surface area contributed by atoms with Crippen molar-refractivity contribution in [3.8, 4) is 5.75 Å². The predicted molar refractivity (Wildman–Crippen MR) is 127 cm³/mol. The molecule has 0 saturated heterocycles. The molecule has 5 rings (SSSR count). The van der Waals surface area contributed by atoms with Crippen molar-refractivity contribution in [2.75, 3.05) is 12.0 Å². The molecule has 3 heterocycles. The average Bonchev–Trinajstić information content (AvgIpc) is 3.54. The second-order valence-electron chi connectivity index (χ2n) is 7.76. The number of Topliss-reactive ketones (excluding diaryl/α,β-unsaturated/α-hetero) is 1. The van der Waals surface area contributed by atoms with Crippen LogP contribution in [0.25, 0.3) is 10.2 Å². The lowest BCUT2D eigenvalue weighted by Crippen LogP contribution is -2.30. The molecule has 0 radical (unpaired) electrons. The summed E-state index contributed by atoms with van der Waals surface area (Å²) in [5.74, 6) is -1.11. The normalized spacial score (nSPS) is 15.8. The third-order valence-corrected chi connectivity index (χ3v) is 6.64. The second-order valence-corrected chi connectivity index (χ2v) is 8.77. The summed E-state index contributed by atoms with van der Waals surface area (Å²) in [6.45, 7) is 1.68. The van der Waals surface area contributed by atoms with Gasteiger partial charge in [-0.25, -0.2) is 4.98 Å². The summed E-state index contributed by atoms with van der Waals surface area (Å²) < 4.78 is 11.2. The number of aliphatic hydroxyl groups excluding tert-OH is 1. The summed E-state index contributed by atoms with van der Waals surface area (Å²) in [4.78, 5) is 43.0. The second kappa shape index (κ2) is 8.37. The van der Waals surface area contributed by atoms with Crippen molar-refractivity contribution in [1.29, 1.82) is 0 Å². The summed E-state index contributed by atoms with van der Waals surface area (Å²) in [6, 6.07) is 13.0. The molecule has 0 spiro atoms. The van der Waals surface area contributed by atoms with E-state index in [1.807, 2.05) is 0 Å². The molecule has 176 valence electrons. The van der Waals surface area contributed by atoms with Gasteiger partial charge in [0, 0.05) is 12.1 Å². The van der Waals surface area contributed by atoms with Crippen LogP contribution in [-0.2, 0) is 4.79 Å². The number of amides is 1. The number of ketones is 1. The molecule has 4 aromatic rings. The predicted octanol–water partition coefficient (Wildman–Crippen LogP) is 4.90. The van der Waals surface area contributed by atoms with Gasteiger partial charge in [-0.3, -0.25) is 24.6 Å². The number of ether oxygens (including phenoxy) is 1. The number of fused-ring (bicyclic) bond motifs is 1. The summed E-state index contributed by atoms with van der Waals surface area (Å²) in [5, 5.41) is 22.2. The van der Waals surface area contributed by atoms with Crippen molar-refractivity contribution in [3.63, 3.8) is 0 Å². The van der Waals surface area contributed by atoms with Crippen molar-refractivity contribution >= 4 is 44.1 Å². The molecule has 1 N–H and O–H groups in total. The fourth-order valence-electron chi connectivity index (χ4n) is 3.94. The molecule has 1 aliphatic heterocycles. The molecule has 1 unspecified atom stereocenters. The van der Waals surface area contributed by atoms with E-state index in [9.17, 15) is 24.8 Å². The third-order valence-electron chi connectivity index (χ3n) is 5.63. The molecule has 2 aromatic carbocycles. The zero-order valence-electron chi connectivity index (χ0n) is 18.4. The first-order chi connectivity index (χ1) is 16.8. The first-order valence-corrected chi connectivity index (χ1v) is 11.2. The Morgan fingerprint density at radius 3 is 2.57 bits per heavy atom. The van der Waals surface area contributed by atoms with Gasteiger partial charge in [0.15, 0.2) is 16.7 Å². The van der Waals surface area contributed by atoms with Crippen molar-refractivity contribution < 1.29 is 28.8 Å². The van der Waals surface area contributed by atoms with Crippen LogP contribution in [0.2, 0.25) is 0 Å². The molecule has 0 saturated carbocycles. The maximum absolute atomic E-state index is 13.4. The number of anilines is 1.